The molecule has 0 bridgehead atoms. The molecule has 0 aliphatic carbocycles. The Hall–Kier alpha value is -3.35. The van der Waals surface area contributed by atoms with Gasteiger partial charge in [-0.3, -0.25) is 0 Å². The molecule has 0 saturated heterocycles. The molecule has 7 heteroatoms. The molecule has 3 aromatic rings. The molecule has 0 heterocycles. The highest BCUT2D eigenvalue weighted by molar-refractivity contribution is 5.96. The number of aryl methyl sites for hydroxylation is 1. The largest absolute Gasteiger partial charge is 0.516 e. The van der Waals surface area contributed by atoms with Crippen LogP contribution in [-0.4, -0.2) is 24.9 Å². The van der Waals surface area contributed by atoms with E-state index in [0.29, 0.717) is 0 Å². The molecule has 222 valence electrons. The van der Waals surface area contributed by atoms with Gasteiger partial charge in [-0.1, -0.05) is 94.8 Å². The van der Waals surface area contributed by atoms with Gasteiger partial charge in [-0.15, -0.1) is 0 Å². The molecule has 0 amide bonds. The Morgan fingerprint density at radius 1 is 0.756 bits per heavy atom. The van der Waals surface area contributed by atoms with Crippen molar-refractivity contribution in [2.75, 3.05) is 6.61 Å². The lowest BCUT2D eigenvalue weighted by Gasteiger charge is -2.18. The summed E-state index contributed by atoms with van der Waals surface area (Å²) >= 11 is 0. The van der Waals surface area contributed by atoms with Gasteiger partial charge in [0.15, 0.2) is 0 Å². The molecule has 0 aromatic heterocycles. The van der Waals surface area contributed by atoms with Gasteiger partial charge in [-0.25, -0.2) is 9.59 Å². The fourth-order valence-corrected chi connectivity index (χ4v) is 4.96. The summed E-state index contributed by atoms with van der Waals surface area (Å²) in [6.07, 6.45) is 4.51. The van der Waals surface area contributed by atoms with Crippen molar-refractivity contribution >= 4 is 22.9 Å². The Labute approximate surface area is 241 Å². The Kier molecular flexibility index (Phi) is 12.7. The highest BCUT2D eigenvalue weighted by Crippen LogP contribution is 2.32. The molecular weight excluding hydrogens is 529 g/mol. The fraction of sp³-hybridized carbons (Fsp3) is 0.471. The van der Waals surface area contributed by atoms with E-state index in [1.165, 1.54) is 62.8 Å². The van der Waals surface area contributed by atoms with E-state index in [2.05, 4.69) is 42.0 Å². The Morgan fingerprint density at radius 2 is 1.39 bits per heavy atom. The van der Waals surface area contributed by atoms with E-state index in [4.69, 9.17) is 4.74 Å². The fourth-order valence-electron chi connectivity index (χ4n) is 4.96. The average molecular weight is 571 g/mol. The monoisotopic (exact) mass is 570 g/mol. The van der Waals surface area contributed by atoms with Crippen molar-refractivity contribution in [2.24, 2.45) is 5.92 Å². The summed E-state index contributed by atoms with van der Waals surface area (Å²) in [4.78, 5) is 24.1. The minimum absolute atomic E-state index is 0.0300. The first kappa shape index (κ1) is 32.2. The second-order valence-corrected chi connectivity index (χ2v) is 10.6. The van der Waals surface area contributed by atoms with Crippen molar-refractivity contribution in [2.45, 2.75) is 90.7 Å². The van der Waals surface area contributed by atoms with E-state index in [-0.39, 0.29) is 31.4 Å². The number of benzene rings is 3. The van der Waals surface area contributed by atoms with E-state index in [0.717, 1.165) is 22.9 Å². The van der Waals surface area contributed by atoms with Crippen LogP contribution in [0.15, 0.2) is 60.7 Å². The summed E-state index contributed by atoms with van der Waals surface area (Å²) in [6.45, 7) is 3.45. The molecule has 0 aliphatic rings. The molecule has 0 saturated carbocycles. The zero-order valence-electron chi connectivity index (χ0n) is 24.1. The number of fused-ring (bicyclic) bond motifs is 1. The van der Waals surface area contributed by atoms with E-state index in [1.807, 2.05) is 6.07 Å². The Balaban J connectivity index is 1.48. The molecule has 0 N–H and O–H groups in total. The van der Waals surface area contributed by atoms with Crippen molar-refractivity contribution in [1.82, 2.24) is 0 Å². The zero-order valence-corrected chi connectivity index (χ0v) is 24.1. The highest BCUT2D eigenvalue weighted by Gasteiger charge is 2.37. The summed E-state index contributed by atoms with van der Waals surface area (Å²) in [6, 6.07) is 19.6. The van der Waals surface area contributed by atoms with Crippen LogP contribution < -0.4 is 0 Å². The van der Waals surface area contributed by atoms with Crippen molar-refractivity contribution < 1.29 is 32.2 Å². The third-order valence-electron chi connectivity index (χ3n) is 7.48. The van der Waals surface area contributed by atoms with Crippen LogP contribution >= 0.6 is 0 Å². The lowest BCUT2D eigenvalue weighted by molar-refractivity contribution is -0.177. The maximum Gasteiger partial charge on any atom is 0.516 e. The molecule has 4 nitrogen and oxygen atoms in total. The Morgan fingerprint density at radius 3 is 2.07 bits per heavy atom. The van der Waals surface area contributed by atoms with Gasteiger partial charge in [0.05, 0.1) is 18.1 Å². The number of alkyl halides is 3. The summed E-state index contributed by atoms with van der Waals surface area (Å²) < 4.78 is 47.8. The van der Waals surface area contributed by atoms with Crippen LogP contribution in [-0.2, 0) is 15.9 Å². The zero-order chi connectivity index (χ0) is 29.7. The van der Waals surface area contributed by atoms with Crippen LogP contribution in [0.1, 0.15) is 94.0 Å². The van der Waals surface area contributed by atoms with E-state index < -0.39 is 24.2 Å². The number of ether oxygens (including phenoxy) is 2. The molecule has 0 unspecified atom stereocenters. The first-order valence-electron chi connectivity index (χ1n) is 14.8. The lowest BCUT2D eigenvalue weighted by atomic mass is 9.97. The lowest BCUT2D eigenvalue weighted by Crippen LogP contribution is -2.23. The predicted octanol–water partition coefficient (Wildman–Crippen LogP) is 10.5. The molecule has 0 fully saturated rings. The molecule has 0 spiro atoms. The van der Waals surface area contributed by atoms with Gasteiger partial charge in [0, 0.05) is 0 Å². The van der Waals surface area contributed by atoms with E-state index >= 15 is 0 Å². The maximum absolute atomic E-state index is 12.8. The minimum Gasteiger partial charge on any atom is -0.434 e. The van der Waals surface area contributed by atoms with Crippen molar-refractivity contribution in [1.29, 1.82) is 0 Å². The third-order valence-corrected chi connectivity index (χ3v) is 7.48. The standard InChI is InChI=1S/C34H41F3O4/c1-3-5-6-7-8-9-10-12-25-14-15-30-24-29(21-20-28(30)23-25)26-16-18-27(19-17-26)32(38)41-33(39)40-22-11-13-31(4-2)34(35,36)37/h14-21,23-24,31H,3-13,22H2,1-2H3/t31-/m1/s1. The minimum atomic E-state index is -4.28. The number of carbonyl (C=O) groups is 2. The molecule has 0 radical (unpaired) electrons. The van der Waals surface area contributed by atoms with Crippen LogP contribution in [0.4, 0.5) is 18.0 Å². The van der Waals surface area contributed by atoms with Gasteiger partial charge < -0.3 is 9.47 Å². The molecule has 0 aliphatic heterocycles. The first-order valence-corrected chi connectivity index (χ1v) is 14.8. The van der Waals surface area contributed by atoms with Gasteiger partial charge in [0.25, 0.3) is 0 Å². The van der Waals surface area contributed by atoms with Crippen LogP contribution in [0.2, 0.25) is 0 Å². The number of halogens is 3. The van der Waals surface area contributed by atoms with Crippen LogP contribution in [0, 0.1) is 5.92 Å². The third kappa shape index (κ3) is 10.5. The van der Waals surface area contributed by atoms with Crippen molar-refractivity contribution in [3.05, 3.63) is 71.8 Å². The molecule has 41 heavy (non-hydrogen) atoms. The van der Waals surface area contributed by atoms with Crippen molar-refractivity contribution in [3.8, 4) is 11.1 Å². The van der Waals surface area contributed by atoms with Crippen LogP contribution in [0.3, 0.4) is 0 Å². The number of hydrogen-bond donors (Lipinski definition) is 0. The number of esters is 1. The van der Waals surface area contributed by atoms with Crippen molar-refractivity contribution in [3.63, 3.8) is 0 Å². The van der Waals surface area contributed by atoms with Crippen LogP contribution in [0.25, 0.3) is 21.9 Å². The maximum atomic E-state index is 12.8. The highest BCUT2D eigenvalue weighted by atomic mass is 19.4. The number of carbonyl (C=O) groups excluding carboxylic acids is 2. The summed E-state index contributed by atoms with van der Waals surface area (Å²) in [5, 5.41) is 2.33. The predicted molar refractivity (Wildman–Crippen MR) is 157 cm³/mol. The van der Waals surface area contributed by atoms with E-state index in [9.17, 15) is 22.8 Å². The number of rotatable bonds is 15. The average Bonchev–Trinajstić information content (AvgIpc) is 2.95. The molecule has 1 atom stereocenters. The molecular formula is C34H41F3O4. The van der Waals surface area contributed by atoms with Crippen LogP contribution in [0.5, 0.6) is 0 Å². The second kappa shape index (κ2) is 16.2. The van der Waals surface area contributed by atoms with Gasteiger partial charge in [0.1, 0.15) is 0 Å². The molecule has 3 rings (SSSR count). The summed E-state index contributed by atoms with van der Waals surface area (Å²) in [5.41, 5.74) is 3.44. The topological polar surface area (TPSA) is 52.6 Å². The Bertz CT molecular complexity index is 1250. The molecule has 3 aromatic carbocycles. The number of unbranched alkanes of at least 4 members (excludes halogenated alkanes) is 6. The van der Waals surface area contributed by atoms with Gasteiger partial charge in [-0.05, 0) is 77.8 Å². The first-order chi connectivity index (χ1) is 19.7. The summed E-state index contributed by atoms with van der Waals surface area (Å²) in [5.74, 6) is -2.32. The SMILES string of the molecule is CCCCCCCCCc1ccc2cc(-c3ccc(C(=O)OC(=O)OCCC[C@@H](CC)C(F)(F)F)cc3)ccc2c1. The summed E-state index contributed by atoms with van der Waals surface area (Å²) in [7, 11) is 0. The van der Waals surface area contributed by atoms with Gasteiger partial charge in [0.2, 0.25) is 0 Å². The number of hydrogen-bond acceptors (Lipinski definition) is 4. The smallest absolute Gasteiger partial charge is 0.434 e. The quantitative estimate of drug-likeness (QED) is 0.104. The van der Waals surface area contributed by atoms with Gasteiger partial charge >= 0.3 is 18.3 Å². The van der Waals surface area contributed by atoms with E-state index in [1.54, 1.807) is 24.3 Å². The second-order valence-electron chi connectivity index (χ2n) is 10.6. The normalized spacial score (nSPS) is 12.3. The van der Waals surface area contributed by atoms with Gasteiger partial charge in [-0.2, -0.15) is 13.2 Å².